The lowest BCUT2D eigenvalue weighted by Gasteiger charge is -2.25. The summed E-state index contributed by atoms with van der Waals surface area (Å²) >= 11 is 0. The van der Waals surface area contributed by atoms with E-state index in [0.717, 1.165) is 10.9 Å². The molecule has 4 atom stereocenters. The Morgan fingerprint density at radius 3 is 2.17 bits per heavy atom. The summed E-state index contributed by atoms with van der Waals surface area (Å²) < 4.78 is 0. The Hall–Kier alpha value is -4.70. The van der Waals surface area contributed by atoms with Gasteiger partial charge in [-0.05, 0) is 24.5 Å². The molecule has 14 N–H and O–H groups in total. The van der Waals surface area contributed by atoms with Gasteiger partial charge in [-0.1, -0.05) is 18.2 Å². The summed E-state index contributed by atoms with van der Waals surface area (Å²) in [6.07, 6.45) is 1.17. The van der Waals surface area contributed by atoms with Gasteiger partial charge in [0.15, 0.2) is 5.96 Å². The Morgan fingerprint density at radius 1 is 0.925 bits per heavy atom. The van der Waals surface area contributed by atoms with Crippen LogP contribution in [0, 0.1) is 0 Å². The van der Waals surface area contributed by atoms with Crippen molar-refractivity contribution in [2.75, 3.05) is 13.2 Å². The summed E-state index contributed by atoms with van der Waals surface area (Å²) in [5, 5.41) is 26.6. The van der Waals surface area contributed by atoms with Gasteiger partial charge >= 0.3 is 5.97 Å². The monoisotopic (exact) mass is 561 g/mol. The Kier molecular flexibility index (Phi) is 11.8. The van der Waals surface area contributed by atoms with E-state index in [1.165, 1.54) is 0 Å². The predicted molar refractivity (Wildman–Crippen MR) is 144 cm³/mol. The molecule has 2 aromatic rings. The third kappa shape index (κ3) is 9.55. The number of carboxylic acids is 1. The quantitative estimate of drug-likeness (QED) is 0.0547. The molecule has 4 amide bonds. The molecule has 0 saturated heterocycles. The van der Waals surface area contributed by atoms with Crippen LogP contribution in [0.4, 0.5) is 0 Å². The first-order chi connectivity index (χ1) is 18.9. The SMILES string of the molecule is NC(=O)CC(NC(=O)C(CCCN=C(N)N)NC(=O)C(Cc1c[nH]c2ccccc12)NC(=O)C(N)CO)C(=O)O. The first-order valence-electron chi connectivity index (χ1n) is 12.3. The molecule has 16 nitrogen and oxygen atoms in total. The van der Waals surface area contributed by atoms with Crippen molar-refractivity contribution < 1.29 is 34.2 Å². The molecule has 1 aromatic carbocycles. The number of aliphatic hydroxyl groups is 1. The van der Waals surface area contributed by atoms with Crippen molar-refractivity contribution >= 4 is 46.5 Å². The fraction of sp³-hybridized carbons (Fsp3) is 0.417. The Morgan fingerprint density at radius 2 is 1.55 bits per heavy atom. The van der Waals surface area contributed by atoms with Crippen molar-refractivity contribution in [3.8, 4) is 0 Å². The largest absolute Gasteiger partial charge is 0.480 e. The molecule has 0 aliphatic carbocycles. The number of guanidine groups is 1. The van der Waals surface area contributed by atoms with Crippen molar-refractivity contribution in [3.05, 3.63) is 36.0 Å². The summed E-state index contributed by atoms with van der Waals surface area (Å²) in [7, 11) is 0. The third-order valence-electron chi connectivity index (χ3n) is 5.86. The number of fused-ring (bicyclic) bond motifs is 1. The number of carbonyl (C=O) groups excluding carboxylic acids is 4. The summed E-state index contributed by atoms with van der Waals surface area (Å²) in [4.78, 5) is 68.6. The maximum absolute atomic E-state index is 13.4. The molecule has 4 unspecified atom stereocenters. The number of aromatic nitrogens is 1. The van der Waals surface area contributed by atoms with Crippen molar-refractivity contribution in [2.24, 2.45) is 27.9 Å². The van der Waals surface area contributed by atoms with Crippen LogP contribution in [0.3, 0.4) is 0 Å². The molecule has 2 rings (SSSR count). The zero-order valence-electron chi connectivity index (χ0n) is 21.6. The molecule has 0 fully saturated rings. The first kappa shape index (κ1) is 31.5. The number of aliphatic imine (C=N–C) groups is 1. The predicted octanol–water partition coefficient (Wildman–Crippen LogP) is -3.50. The summed E-state index contributed by atoms with van der Waals surface area (Å²) in [5.41, 5.74) is 22.8. The van der Waals surface area contributed by atoms with E-state index in [4.69, 9.17) is 22.9 Å². The van der Waals surface area contributed by atoms with Gasteiger partial charge in [0.1, 0.15) is 24.2 Å². The van der Waals surface area contributed by atoms with Crippen LogP contribution in [0.2, 0.25) is 0 Å². The minimum atomic E-state index is -1.63. The molecule has 218 valence electrons. The molecule has 0 radical (unpaired) electrons. The van der Waals surface area contributed by atoms with E-state index in [0.29, 0.717) is 5.56 Å². The maximum atomic E-state index is 13.4. The van der Waals surface area contributed by atoms with E-state index in [1.54, 1.807) is 12.3 Å². The lowest BCUT2D eigenvalue weighted by atomic mass is 10.0. The van der Waals surface area contributed by atoms with Gasteiger partial charge in [0.25, 0.3) is 0 Å². The molecule has 40 heavy (non-hydrogen) atoms. The number of nitrogens with zero attached hydrogens (tertiary/aromatic N) is 1. The Bertz CT molecular complexity index is 1240. The van der Waals surface area contributed by atoms with E-state index in [2.05, 4.69) is 25.9 Å². The number of amides is 4. The number of benzene rings is 1. The molecule has 16 heteroatoms. The van der Waals surface area contributed by atoms with Gasteiger partial charge in [0.2, 0.25) is 23.6 Å². The van der Waals surface area contributed by atoms with E-state index in [1.807, 2.05) is 18.2 Å². The fourth-order valence-corrected chi connectivity index (χ4v) is 3.81. The average molecular weight is 562 g/mol. The highest BCUT2D eigenvalue weighted by molar-refractivity contribution is 5.95. The van der Waals surface area contributed by atoms with Crippen molar-refractivity contribution in [1.82, 2.24) is 20.9 Å². The van der Waals surface area contributed by atoms with Crippen LogP contribution in [0.1, 0.15) is 24.8 Å². The number of H-pyrrole nitrogens is 1. The maximum Gasteiger partial charge on any atom is 0.326 e. The number of aliphatic carboxylic acids is 1. The van der Waals surface area contributed by atoms with E-state index < -0.39 is 66.8 Å². The lowest BCUT2D eigenvalue weighted by molar-refractivity contribution is -0.143. The van der Waals surface area contributed by atoms with Crippen LogP contribution in [0.25, 0.3) is 10.9 Å². The standard InChI is InChI=1S/C24H35N9O7/c25-14(11-34)20(36)32-17(8-12-10-30-15-5-2-1-4-13(12)15)22(38)31-16(6-3-7-29-24(27)28)21(37)33-18(23(39)40)9-19(26)35/h1-2,4-5,10,14,16-18,30,34H,3,6-9,11,25H2,(H2,26,35)(H,31,38)(H,32,36)(H,33,37)(H,39,40)(H4,27,28,29). The molecule has 0 bridgehead atoms. The molecule has 0 saturated carbocycles. The van der Waals surface area contributed by atoms with Crippen molar-refractivity contribution in [2.45, 2.75) is 49.9 Å². The Labute approximate surface area is 228 Å². The van der Waals surface area contributed by atoms with Gasteiger partial charge in [0.05, 0.1) is 13.0 Å². The van der Waals surface area contributed by atoms with Crippen molar-refractivity contribution in [3.63, 3.8) is 0 Å². The zero-order chi connectivity index (χ0) is 29.8. The summed E-state index contributed by atoms with van der Waals surface area (Å²) in [6, 6.07) is 1.80. The highest BCUT2D eigenvalue weighted by Gasteiger charge is 2.31. The number of carbonyl (C=O) groups is 5. The number of hydrogen-bond acceptors (Lipinski definition) is 8. The summed E-state index contributed by atoms with van der Waals surface area (Å²) in [5.74, 6) is -5.13. The van der Waals surface area contributed by atoms with E-state index in [-0.39, 0.29) is 31.8 Å². The van der Waals surface area contributed by atoms with Gasteiger partial charge in [-0.3, -0.25) is 24.2 Å². The van der Waals surface area contributed by atoms with Crippen LogP contribution >= 0.6 is 0 Å². The minimum absolute atomic E-state index is 0.0124. The number of rotatable bonds is 16. The number of para-hydroxylation sites is 1. The fourth-order valence-electron chi connectivity index (χ4n) is 3.81. The second-order valence-electron chi connectivity index (χ2n) is 8.99. The van der Waals surface area contributed by atoms with Crippen LogP contribution < -0.4 is 38.9 Å². The topological polar surface area (TPSA) is 294 Å². The smallest absolute Gasteiger partial charge is 0.326 e. The molecular formula is C24H35N9O7. The van der Waals surface area contributed by atoms with Crippen LogP contribution in [-0.2, 0) is 30.4 Å². The van der Waals surface area contributed by atoms with Gasteiger partial charge in [-0.25, -0.2) is 4.79 Å². The second kappa shape index (κ2) is 15.0. The van der Waals surface area contributed by atoms with Crippen LogP contribution in [-0.4, -0.2) is 88.1 Å². The number of carboxylic acid groups (broad SMARTS) is 1. The minimum Gasteiger partial charge on any atom is -0.480 e. The molecular weight excluding hydrogens is 526 g/mol. The number of aliphatic hydroxyl groups excluding tert-OH is 1. The number of nitrogens with two attached hydrogens (primary N) is 4. The van der Waals surface area contributed by atoms with Crippen LogP contribution in [0.15, 0.2) is 35.5 Å². The van der Waals surface area contributed by atoms with Gasteiger partial charge in [-0.15, -0.1) is 0 Å². The van der Waals surface area contributed by atoms with Gasteiger partial charge < -0.3 is 54.1 Å². The summed E-state index contributed by atoms with van der Waals surface area (Å²) in [6.45, 7) is -0.563. The highest BCUT2D eigenvalue weighted by atomic mass is 16.4. The number of primary amides is 1. The third-order valence-corrected chi connectivity index (χ3v) is 5.86. The number of nitrogens with one attached hydrogen (secondary N) is 4. The molecule has 0 aliphatic rings. The van der Waals surface area contributed by atoms with E-state index >= 15 is 0 Å². The highest BCUT2D eigenvalue weighted by Crippen LogP contribution is 2.19. The first-order valence-corrected chi connectivity index (χ1v) is 12.3. The average Bonchev–Trinajstić information content (AvgIpc) is 3.31. The molecule has 1 heterocycles. The zero-order valence-corrected chi connectivity index (χ0v) is 21.6. The number of aromatic amines is 1. The normalized spacial score (nSPS) is 13.8. The Balaban J connectivity index is 2.31. The van der Waals surface area contributed by atoms with Crippen LogP contribution in [0.5, 0.6) is 0 Å². The molecule has 0 aliphatic heterocycles. The van der Waals surface area contributed by atoms with Gasteiger partial charge in [0, 0.05) is 30.1 Å². The molecule has 1 aromatic heterocycles. The van der Waals surface area contributed by atoms with Gasteiger partial charge in [-0.2, -0.15) is 0 Å². The van der Waals surface area contributed by atoms with E-state index in [9.17, 15) is 34.2 Å². The van der Waals surface area contributed by atoms with Crippen molar-refractivity contribution in [1.29, 1.82) is 0 Å². The number of hydrogen-bond donors (Lipinski definition) is 10. The molecule has 0 spiro atoms. The second-order valence-corrected chi connectivity index (χ2v) is 8.99. The lowest BCUT2D eigenvalue weighted by Crippen LogP contribution is -2.58.